The van der Waals surface area contributed by atoms with Crippen LogP contribution in [-0.4, -0.2) is 5.91 Å². The van der Waals surface area contributed by atoms with E-state index in [2.05, 4.69) is 17.5 Å². The van der Waals surface area contributed by atoms with E-state index in [1.54, 1.807) is 0 Å². The standard InChI is InChI=1S/C11H9NO/c13-11-9-5-6-10(12-11)8-4-2-1-3-7(8)9/h1-6,9-10H,(H,12,13). The minimum atomic E-state index is -0.0544. The number of hydrogen-bond acceptors (Lipinski definition) is 1. The average Bonchev–Trinajstić information content (AvgIpc) is 2.19. The van der Waals surface area contributed by atoms with E-state index in [0.29, 0.717) is 0 Å². The molecule has 1 N–H and O–H groups in total. The molecule has 2 heteroatoms. The Balaban J connectivity index is 2.27. The molecule has 0 spiro atoms. The summed E-state index contributed by atoms with van der Waals surface area (Å²) in [6.07, 6.45) is 4.06. The molecule has 4 rings (SSSR count). The molecule has 0 radical (unpaired) electrons. The lowest BCUT2D eigenvalue weighted by molar-refractivity contribution is -0.123. The first kappa shape index (κ1) is 6.89. The first-order chi connectivity index (χ1) is 6.36. The van der Waals surface area contributed by atoms with Crippen molar-refractivity contribution in [1.82, 2.24) is 5.32 Å². The number of carbonyl (C=O) groups is 1. The number of hydrogen-bond donors (Lipinski definition) is 1. The molecule has 2 atom stereocenters. The number of rotatable bonds is 0. The Morgan fingerprint density at radius 1 is 1.08 bits per heavy atom. The highest BCUT2D eigenvalue weighted by Gasteiger charge is 2.33. The Hall–Kier alpha value is -1.57. The van der Waals surface area contributed by atoms with Crippen LogP contribution >= 0.6 is 0 Å². The number of fused-ring (bicyclic) bond motifs is 1. The maximum atomic E-state index is 11.5. The van der Waals surface area contributed by atoms with Crippen LogP contribution in [0.25, 0.3) is 0 Å². The fraction of sp³-hybridized carbons (Fsp3) is 0.182. The molecule has 1 amide bonds. The van der Waals surface area contributed by atoms with Crippen LogP contribution in [0.1, 0.15) is 23.1 Å². The summed E-state index contributed by atoms with van der Waals surface area (Å²) < 4.78 is 0. The Morgan fingerprint density at radius 3 is 2.62 bits per heavy atom. The Labute approximate surface area is 76.3 Å². The second-order valence-corrected chi connectivity index (χ2v) is 3.48. The quantitative estimate of drug-likeness (QED) is 0.589. The first-order valence-corrected chi connectivity index (χ1v) is 4.44. The van der Waals surface area contributed by atoms with Gasteiger partial charge in [-0.15, -0.1) is 0 Å². The number of amides is 1. The third-order valence-electron chi connectivity index (χ3n) is 2.74. The lowest BCUT2D eigenvalue weighted by atomic mass is 9.81. The molecule has 3 aliphatic rings. The van der Waals surface area contributed by atoms with Crippen LogP contribution in [0, 0.1) is 0 Å². The van der Waals surface area contributed by atoms with Crippen molar-refractivity contribution in [3.8, 4) is 0 Å². The summed E-state index contributed by atoms with van der Waals surface area (Å²) in [6, 6.07) is 8.22. The summed E-state index contributed by atoms with van der Waals surface area (Å²) in [6.45, 7) is 0. The van der Waals surface area contributed by atoms with Crippen LogP contribution in [-0.2, 0) is 4.79 Å². The van der Waals surface area contributed by atoms with Gasteiger partial charge in [-0.1, -0.05) is 36.4 Å². The minimum absolute atomic E-state index is 0.0544. The first-order valence-electron chi connectivity index (χ1n) is 4.44. The maximum Gasteiger partial charge on any atom is 0.232 e. The van der Waals surface area contributed by atoms with Gasteiger partial charge in [0.1, 0.15) is 0 Å². The topological polar surface area (TPSA) is 29.1 Å². The van der Waals surface area contributed by atoms with Crippen LogP contribution < -0.4 is 5.32 Å². The van der Waals surface area contributed by atoms with E-state index in [1.165, 1.54) is 11.1 Å². The largest absolute Gasteiger partial charge is 0.345 e. The molecule has 0 aromatic heterocycles. The second-order valence-electron chi connectivity index (χ2n) is 3.48. The van der Waals surface area contributed by atoms with Crippen LogP contribution in [0.2, 0.25) is 0 Å². The van der Waals surface area contributed by atoms with Gasteiger partial charge >= 0.3 is 0 Å². The Morgan fingerprint density at radius 2 is 1.85 bits per heavy atom. The number of carbonyl (C=O) groups excluding carboxylic acids is 1. The molecule has 2 bridgehead atoms. The highest BCUT2D eigenvalue weighted by molar-refractivity contribution is 5.90. The Kier molecular flexibility index (Phi) is 1.18. The molecule has 1 aliphatic carbocycles. The van der Waals surface area contributed by atoms with E-state index in [-0.39, 0.29) is 17.9 Å². The Bertz CT molecular complexity index is 408. The summed E-state index contributed by atoms with van der Waals surface area (Å²) in [5, 5.41) is 2.95. The molecule has 1 aromatic rings. The lowest BCUT2D eigenvalue weighted by Crippen LogP contribution is -2.40. The van der Waals surface area contributed by atoms with E-state index >= 15 is 0 Å². The van der Waals surface area contributed by atoms with E-state index in [0.717, 1.165) is 0 Å². The number of benzene rings is 1. The van der Waals surface area contributed by atoms with Crippen LogP contribution in [0.4, 0.5) is 0 Å². The zero-order chi connectivity index (χ0) is 8.84. The molecule has 2 heterocycles. The summed E-state index contributed by atoms with van der Waals surface area (Å²) in [5.41, 5.74) is 2.41. The predicted molar refractivity (Wildman–Crippen MR) is 49.2 cm³/mol. The van der Waals surface area contributed by atoms with Gasteiger partial charge in [-0.25, -0.2) is 0 Å². The molecule has 0 saturated carbocycles. The molecule has 13 heavy (non-hydrogen) atoms. The van der Waals surface area contributed by atoms with Crippen molar-refractivity contribution in [2.45, 2.75) is 12.0 Å². The smallest absolute Gasteiger partial charge is 0.232 e. The van der Waals surface area contributed by atoms with Crippen LogP contribution in [0.5, 0.6) is 0 Å². The summed E-state index contributed by atoms with van der Waals surface area (Å²) in [5.74, 6) is 0.0763. The fourth-order valence-electron chi connectivity index (χ4n) is 2.10. The second kappa shape index (κ2) is 2.22. The molecule has 0 saturated heterocycles. The van der Waals surface area contributed by atoms with Crippen LogP contribution in [0.15, 0.2) is 36.4 Å². The molecule has 0 fully saturated rings. The van der Waals surface area contributed by atoms with Gasteiger partial charge in [0.15, 0.2) is 0 Å². The normalized spacial score (nSPS) is 28.5. The third-order valence-corrected chi connectivity index (χ3v) is 2.74. The van der Waals surface area contributed by atoms with Crippen molar-refractivity contribution < 1.29 is 4.79 Å². The van der Waals surface area contributed by atoms with Crippen molar-refractivity contribution >= 4 is 5.91 Å². The van der Waals surface area contributed by atoms with Crippen molar-refractivity contribution in [3.05, 3.63) is 47.5 Å². The van der Waals surface area contributed by atoms with E-state index in [1.807, 2.05) is 24.3 Å². The zero-order valence-corrected chi connectivity index (χ0v) is 7.03. The minimum Gasteiger partial charge on any atom is -0.345 e. The van der Waals surface area contributed by atoms with Crippen molar-refractivity contribution in [2.75, 3.05) is 0 Å². The van der Waals surface area contributed by atoms with Crippen molar-refractivity contribution in [2.24, 2.45) is 0 Å². The molecular weight excluding hydrogens is 162 g/mol. The van der Waals surface area contributed by atoms with Gasteiger partial charge in [0.2, 0.25) is 5.91 Å². The van der Waals surface area contributed by atoms with Gasteiger partial charge < -0.3 is 5.32 Å². The molecule has 1 aromatic carbocycles. The molecular formula is C11H9NO. The summed E-state index contributed by atoms with van der Waals surface area (Å²) in [4.78, 5) is 11.5. The maximum absolute atomic E-state index is 11.5. The van der Waals surface area contributed by atoms with Crippen molar-refractivity contribution in [1.29, 1.82) is 0 Å². The average molecular weight is 171 g/mol. The molecule has 2 nitrogen and oxygen atoms in total. The molecule has 2 unspecified atom stereocenters. The van der Waals surface area contributed by atoms with E-state index in [9.17, 15) is 4.79 Å². The predicted octanol–water partition coefficient (Wildman–Crippen LogP) is 1.51. The monoisotopic (exact) mass is 171 g/mol. The van der Waals surface area contributed by atoms with Gasteiger partial charge in [-0.05, 0) is 11.1 Å². The van der Waals surface area contributed by atoms with Crippen molar-refractivity contribution in [3.63, 3.8) is 0 Å². The lowest BCUT2D eigenvalue weighted by Gasteiger charge is -2.33. The van der Waals surface area contributed by atoms with Gasteiger partial charge in [0.05, 0.1) is 12.0 Å². The van der Waals surface area contributed by atoms with E-state index in [4.69, 9.17) is 0 Å². The van der Waals surface area contributed by atoms with Crippen LogP contribution in [0.3, 0.4) is 0 Å². The van der Waals surface area contributed by atoms with Gasteiger partial charge in [-0.2, -0.15) is 0 Å². The van der Waals surface area contributed by atoms with Gasteiger partial charge in [0, 0.05) is 0 Å². The fourth-order valence-corrected chi connectivity index (χ4v) is 2.10. The number of nitrogens with one attached hydrogen (secondary N) is 1. The highest BCUT2D eigenvalue weighted by Crippen LogP contribution is 2.36. The third kappa shape index (κ3) is 0.800. The SMILES string of the molecule is O=C1NC2C=CC1c1ccccc12. The molecule has 64 valence electrons. The highest BCUT2D eigenvalue weighted by atomic mass is 16.2. The molecule has 2 aliphatic heterocycles. The summed E-state index contributed by atoms with van der Waals surface area (Å²) >= 11 is 0. The van der Waals surface area contributed by atoms with Gasteiger partial charge in [-0.3, -0.25) is 4.79 Å². The van der Waals surface area contributed by atoms with E-state index < -0.39 is 0 Å². The van der Waals surface area contributed by atoms with Gasteiger partial charge in [0.25, 0.3) is 0 Å². The summed E-state index contributed by atoms with van der Waals surface area (Å²) in [7, 11) is 0. The zero-order valence-electron chi connectivity index (χ0n) is 7.03.